The highest BCUT2D eigenvalue weighted by atomic mass is 32.1. The van der Waals surface area contributed by atoms with E-state index in [-0.39, 0.29) is 0 Å². The van der Waals surface area contributed by atoms with E-state index < -0.39 is 0 Å². The van der Waals surface area contributed by atoms with Crippen LogP contribution in [0.3, 0.4) is 0 Å². The van der Waals surface area contributed by atoms with Gasteiger partial charge in [0.2, 0.25) is 0 Å². The van der Waals surface area contributed by atoms with E-state index >= 15 is 0 Å². The Morgan fingerprint density at radius 3 is 1.89 bits per heavy atom. The zero-order valence-electron chi connectivity index (χ0n) is 37.4. The number of furan rings is 2. The Morgan fingerprint density at radius 1 is 0.357 bits per heavy atom. The third kappa shape index (κ3) is 5.97. The van der Waals surface area contributed by atoms with Gasteiger partial charge in [-0.15, -0.1) is 11.3 Å². The molecule has 0 saturated carbocycles. The largest absolute Gasteiger partial charge is 0.456 e. The smallest absolute Gasteiger partial charge is 0.160 e. The quantitative estimate of drug-likeness (QED) is 0.167. The number of hydrogen-bond donors (Lipinski definition) is 0. The number of rotatable bonds is 6. The van der Waals surface area contributed by atoms with E-state index in [1.54, 1.807) is 0 Å². The fourth-order valence-corrected chi connectivity index (χ4v) is 12.1. The molecule has 0 spiro atoms. The lowest BCUT2D eigenvalue weighted by atomic mass is 9.97. The molecule has 0 aliphatic carbocycles. The van der Waals surface area contributed by atoms with Crippen molar-refractivity contribution in [1.82, 2.24) is 14.5 Å². The van der Waals surface area contributed by atoms with Crippen LogP contribution in [0.25, 0.3) is 148 Å². The van der Waals surface area contributed by atoms with Crippen LogP contribution >= 0.6 is 11.3 Å². The Kier molecular flexibility index (Phi) is 8.46. The van der Waals surface area contributed by atoms with Crippen LogP contribution in [0, 0.1) is 0 Å². The molecule has 5 nitrogen and oxygen atoms in total. The number of benzene rings is 10. The summed E-state index contributed by atoms with van der Waals surface area (Å²) < 4.78 is 18.0. The van der Waals surface area contributed by atoms with Gasteiger partial charge >= 0.3 is 0 Å². The summed E-state index contributed by atoms with van der Waals surface area (Å²) in [4.78, 5) is 10.5. The number of aromatic nitrogens is 3. The summed E-state index contributed by atoms with van der Waals surface area (Å²) in [5.74, 6) is 0.672. The third-order valence-corrected chi connectivity index (χ3v) is 15.2. The summed E-state index contributed by atoms with van der Waals surface area (Å²) >= 11 is 1.81. The second-order valence-electron chi connectivity index (χ2n) is 18.0. The molecule has 0 aliphatic rings. The molecule has 0 bridgehead atoms. The molecule has 15 aromatic rings. The zero-order chi connectivity index (χ0) is 45.9. The maximum Gasteiger partial charge on any atom is 0.160 e. The topological polar surface area (TPSA) is 57.0 Å². The number of nitrogens with zero attached hydrogens (tertiary/aromatic N) is 3. The fourth-order valence-electron chi connectivity index (χ4n) is 10.8. The minimum atomic E-state index is 0.672. The monoisotopic (exact) mass is 911 g/mol. The summed E-state index contributed by atoms with van der Waals surface area (Å²) in [6, 6.07) is 79.5. The van der Waals surface area contributed by atoms with Crippen LogP contribution in [-0.4, -0.2) is 14.5 Å². The van der Waals surface area contributed by atoms with Gasteiger partial charge < -0.3 is 13.4 Å². The highest BCUT2D eigenvalue weighted by Crippen LogP contribution is 2.47. The van der Waals surface area contributed by atoms with Crippen LogP contribution in [0.1, 0.15) is 0 Å². The third-order valence-electron chi connectivity index (χ3n) is 14.0. The lowest BCUT2D eigenvalue weighted by Crippen LogP contribution is -1.96. The molecule has 5 aromatic heterocycles. The molecule has 70 heavy (non-hydrogen) atoms. The Bertz CT molecular complexity index is 4600. The molecule has 0 radical (unpaired) electrons. The summed E-state index contributed by atoms with van der Waals surface area (Å²) in [6.45, 7) is 0. The molecule has 0 amide bonds. The Balaban J connectivity index is 0.858. The van der Waals surface area contributed by atoms with Crippen molar-refractivity contribution in [3.8, 4) is 61.8 Å². The van der Waals surface area contributed by atoms with Crippen molar-refractivity contribution in [2.24, 2.45) is 0 Å². The van der Waals surface area contributed by atoms with Crippen LogP contribution in [0.2, 0.25) is 0 Å². The normalized spacial score (nSPS) is 12.0. The molecule has 6 heteroatoms. The highest BCUT2D eigenvalue weighted by Gasteiger charge is 2.21. The van der Waals surface area contributed by atoms with E-state index in [4.69, 9.17) is 18.8 Å². The molecular formula is C64H37N3O2S. The van der Waals surface area contributed by atoms with Gasteiger partial charge in [0, 0.05) is 86.0 Å². The Hall–Kier alpha value is -9.10. The summed E-state index contributed by atoms with van der Waals surface area (Å²) in [7, 11) is 0. The minimum Gasteiger partial charge on any atom is -0.456 e. The SMILES string of the molecule is c1ccc(-c2nc(-c3ccc4c(c3)oc3ccccc34)cc(-c3cccc4sc5c(-c6cccc7c6oc6ccc(-c8ccc9c(c8)c8ccccc8n9-c8ccccc8)cc67)cccc5c34)n2)cc1. The van der Waals surface area contributed by atoms with Crippen LogP contribution in [0.15, 0.2) is 233 Å². The molecule has 15 rings (SSSR count). The second kappa shape index (κ2) is 15.2. The molecule has 0 aliphatic heterocycles. The first-order chi connectivity index (χ1) is 34.7. The summed E-state index contributed by atoms with van der Waals surface area (Å²) in [6.07, 6.45) is 0. The molecular weight excluding hydrogens is 875 g/mol. The van der Waals surface area contributed by atoms with Gasteiger partial charge in [-0.1, -0.05) is 152 Å². The van der Waals surface area contributed by atoms with E-state index in [1.165, 1.54) is 47.5 Å². The second-order valence-corrected chi connectivity index (χ2v) is 19.1. The Labute approximate surface area is 404 Å². The van der Waals surface area contributed by atoms with Gasteiger partial charge in [0.05, 0.1) is 22.4 Å². The van der Waals surface area contributed by atoms with E-state index in [9.17, 15) is 0 Å². The molecule has 0 unspecified atom stereocenters. The van der Waals surface area contributed by atoms with E-state index in [1.807, 2.05) is 41.7 Å². The first-order valence-corrected chi connectivity index (χ1v) is 24.4. The summed E-state index contributed by atoms with van der Waals surface area (Å²) in [5, 5.41) is 9.20. The van der Waals surface area contributed by atoms with Gasteiger partial charge in [-0.3, -0.25) is 0 Å². The van der Waals surface area contributed by atoms with Crippen molar-refractivity contribution < 1.29 is 8.83 Å². The first kappa shape index (κ1) is 38.9. The summed E-state index contributed by atoms with van der Waals surface area (Å²) in [5.41, 5.74) is 16.2. The number of para-hydroxylation sites is 4. The number of fused-ring (bicyclic) bond motifs is 12. The number of hydrogen-bond acceptors (Lipinski definition) is 5. The van der Waals surface area contributed by atoms with Crippen molar-refractivity contribution in [2.75, 3.05) is 0 Å². The highest BCUT2D eigenvalue weighted by molar-refractivity contribution is 7.26. The minimum absolute atomic E-state index is 0.672. The first-order valence-electron chi connectivity index (χ1n) is 23.5. The van der Waals surface area contributed by atoms with Crippen molar-refractivity contribution in [3.05, 3.63) is 224 Å². The van der Waals surface area contributed by atoms with Crippen molar-refractivity contribution >= 4 is 97.2 Å². The average Bonchev–Trinajstić information content (AvgIpc) is 4.20. The van der Waals surface area contributed by atoms with Gasteiger partial charge in [-0.05, 0) is 83.9 Å². The van der Waals surface area contributed by atoms with Crippen LogP contribution in [0.4, 0.5) is 0 Å². The number of thiophene rings is 1. The fraction of sp³-hybridized carbons (Fsp3) is 0. The maximum atomic E-state index is 6.86. The standard InChI is InChI=1S/C64H37N3O2S/c1-3-14-38(15-4-1)64-65-53(41-28-31-45-44-19-8-10-26-57(44)68-59(45)36-41)37-54(66-64)49-23-13-27-60-61(49)50-24-12-22-48(63(50)70-60)46-20-11-21-47-52-35-40(30-33-58(52)69-62(46)47)39-29-32-56-51(34-39)43-18-7-9-25-55(43)67(56)42-16-5-2-6-17-42/h1-37H. The van der Waals surface area contributed by atoms with E-state index in [0.29, 0.717) is 5.82 Å². The van der Waals surface area contributed by atoms with Crippen molar-refractivity contribution in [2.45, 2.75) is 0 Å². The van der Waals surface area contributed by atoms with Gasteiger partial charge in [-0.2, -0.15) is 0 Å². The predicted octanol–water partition coefficient (Wildman–Crippen LogP) is 18.1. The van der Waals surface area contributed by atoms with E-state index in [0.717, 1.165) is 94.3 Å². The van der Waals surface area contributed by atoms with Crippen LogP contribution in [-0.2, 0) is 0 Å². The predicted molar refractivity (Wildman–Crippen MR) is 291 cm³/mol. The molecule has 0 N–H and O–H groups in total. The molecule has 0 atom stereocenters. The van der Waals surface area contributed by atoms with Crippen molar-refractivity contribution in [3.63, 3.8) is 0 Å². The molecule has 0 fully saturated rings. The van der Waals surface area contributed by atoms with E-state index in [2.05, 4.69) is 199 Å². The molecule has 326 valence electrons. The zero-order valence-corrected chi connectivity index (χ0v) is 38.2. The molecule has 10 aromatic carbocycles. The Morgan fingerprint density at radius 2 is 1.00 bits per heavy atom. The molecule has 0 saturated heterocycles. The molecule has 5 heterocycles. The van der Waals surface area contributed by atoms with Crippen LogP contribution < -0.4 is 0 Å². The van der Waals surface area contributed by atoms with Gasteiger partial charge in [0.1, 0.15) is 22.3 Å². The lowest BCUT2D eigenvalue weighted by molar-refractivity contribution is 0.669. The van der Waals surface area contributed by atoms with Crippen LogP contribution in [0.5, 0.6) is 0 Å². The average molecular weight is 912 g/mol. The van der Waals surface area contributed by atoms with Gasteiger partial charge in [0.25, 0.3) is 0 Å². The van der Waals surface area contributed by atoms with Gasteiger partial charge in [0.15, 0.2) is 5.82 Å². The van der Waals surface area contributed by atoms with Crippen molar-refractivity contribution in [1.29, 1.82) is 0 Å². The lowest BCUT2D eigenvalue weighted by Gasteiger charge is -2.11. The maximum absolute atomic E-state index is 6.86. The van der Waals surface area contributed by atoms with Gasteiger partial charge in [-0.25, -0.2) is 9.97 Å².